The van der Waals surface area contributed by atoms with Gasteiger partial charge in [0.1, 0.15) is 6.61 Å². The van der Waals surface area contributed by atoms with Crippen LogP contribution in [0.5, 0.6) is 0 Å². The van der Waals surface area contributed by atoms with Gasteiger partial charge in [-0.3, -0.25) is 4.79 Å². The second-order valence-corrected chi connectivity index (χ2v) is 12.2. The molecular formula is C36H45N3O4. The Hall–Kier alpha value is -3.68. The number of carbonyl (C=O) groups is 2. The molecule has 1 saturated heterocycles. The number of rotatable bonds is 10. The van der Waals surface area contributed by atoms with Gasteiger partial charge >= 0.3 is 6.09 Å². The molecule has 7 heteroatoms. The van der Waals surface area contributed by atoms with Crippen LogP contribution >= 0.6 is 0 Å². The van der Waals surface area contributed by atoms with E-state index < -0.39 is 0 Å². The maximum absolute atomic E-state index is 13.3. The molecule has 0 spiro atoms. The van der Waals surface area contributed by atoms with Crippen LogP contribution in [-0.2, 0) is 11.3 Å². The highest BCUT2D eigenvalue weighted by Crippen LogP contribution is 2.42. The SMILES string of the molecule is Cc1ccc(COC(=O)N(CCO)C2CCN(CC3CC(N(C)C(=O)c4ccccc4)CC3c3ccccc3)CC2)cc1. The van der Waals surface area contributed by atoms with E-state index in [0.717, 1.165) is 56.4 Å². The summed E-state index contributed by atoms with van der Waals surface area (Å²) in [5.41, 5.74) is 4.20. The summed E-state index contributed by atoms with van der Waals surface area (Å²) in [7, 11) is 1.95. The van der Waals surface area contributed by atoms with Gasteiger partial charge in [-0.15, -0.1) is 0 Å². The highest BCUT2D eigenvalue weighted by atomic mass is 16.6. The molecule has 2 fully saturated rings. The van der Waals surface area contributed by atoms with Crippen molar-refractivity contribution in [3.05, 3.63) is 107 Å². The van der Waals surface area contributed by atoms with Crippen molar-refractivity contribution in [1.29, 1.82) is 0 Å². The third kappa shape index (κ3) is 7.84. The van der Waals surface area contributed by atoms with Gasteiger partial charge in [0.05, 0.1) is 6.61 Å². The van der Waals surface area contributed by atoms with Crippen LogP contribution in [0.1, 0.15) is 58.6 Å². The molecule has 3 atom stereocenters. The van der Waals surface area contributed by atoms with Crippen LogP contribution in [0, 0.1) is 12.8 Å². The first kappa shape index (κ1) is 30.8. The third-order valence-electron chi connectivity index (χ3n) is 9.34. The van der Waals surface area contributed by atoms with Crippen molar-refractivity contribution in [2.45, 2.75) is 57.2 Å². The van der Waals surface area contributed by atoms with E-state index in [1.54, 1.807) is 4.90 Å². The number of piperidine rings is 1. The lowest BCUT2D eigenvalue weighted by Gasteiger charge is -2.39. The minimum atomic E-state index is -0.359. The highest BCUT2D eigenvalue weighted by Gasteiger charge is 2.40. The molecule has 3 aromatic rings. The quantitative estimate of drug-likeness (QED) is 0.330. The van der Waals surface area contributed by atoms with E-state index in [1.165, 1.54) is 11.1 Å². The summed E-state index contributed by atoms with van der Waals surface area (Å²) < 4.78 is 5.65. The molecule has 0 radical (unpaired) electrons. The minimum Gasteiger partial charge on any atom is -0.445 e. The number of nitrogens with zero attached hydrogens (tertiary/aromatic N) is 3. The minimum absolute atomic E-state index is 0.0461. The van der Waals surface area contributed by atoms with Gasteiger partial charge in [-0.05, 0) is 67.7 Å². The third-order valence-corrected chi connectivity index (χ3v) is 9.34. The van der Waals surface area contributed by atoms with Gasteiger partial charge in [0.15, 0.2) is 0 Å². The summed E-state index contributed by atoms with van der Waals surface area (Å²) >= 11 is 0. The zero-order valence-corrected chi connectivity index (χ0v) is 25.5. The number of likely N-dealkylation sites (tertiary alicyclic amines) is 1. The Morgan fingerprint density at radius 2 is 1.53 bits per heavy atom. The molecular weight excluding hydrogens is 538 g/mol. The first-order valence-corrected chi connectivity index (χ1v) is 15.6. The number of aliphatic hydroxyl groups is 1. The molecule has 1 heterocycles. The first-order valence-electron chi connectivity index (χ1n) is 15.6. The fourth-order valence-electron chi connectivity index (χ4n) is 6.86. The fraction of sp³-hybridized carbons (Fsp3) is 0.444. The first-order chi connectivity index (χ1) is 20.9. The Morgan fingerprint density at radius 1 is 0.884 bits per heavy atom. The molecule has 0 bridgehead atoms. The molecule has 1 saturated carbocycles. The van der Waals surface area contributed by atoms with E-state index >= 15 is 0 Å². The molecule has 5 rings (SSSR count). The summed E-state index contributed by atoms with van der Waals surface area (Å²) in [6.45, 7) is 5.19. The summed E-state index contributed by atoms with van der Waals surface area (Å²) in [4.78, 5) is 32.5. The summed E-state index contributed by atoms with van der Waals surface area (Å²) in [6.07, 6.45) is 3.26. The van der Waals surface area contributed by atoms with Crippen molar-refractivity contribution >= 4 is 12.0 Å². The number of aryl methyl sites for hydroxylation is 1. The number of benzene rings is 3. The maximum Gasteiger partial charge on any atom is 0.410 e. The Labute approximate surface area is 256 Å². The summed E-state index contributed by atoms with van der Waals surface area (Å²) in [5, 5.41) is 9.70. The van der Waals surface area contributed by atoms with Crippen molar-refractivity contribution in [3.63, 3.8) is 0 Å². The molecule has 1 aliphatic heterocycles. The standard InChI is InChI=1S/C36H45N3O4/c1-27-13-15-28(16-14-27)26-43-36(42)39(21-22-40)32-17-19-38(20-18-32)25-31-23-33(24-34(31)29-9-5-3-6-10-29)37(2)35(41)30-11-7-4-8-12-30/h3-16,31-34,40H,17-26H2,1-2H3. The van der Waals surface area contributed by atoms with Crippen molar-refractivity contribution in [2.75, 3.05) is 39.8 Å². The smallest absolute Gasteiger partial charge is 0.410 e. The predicted octanol–water partition coefficient (Wildman–Crippen LogP) is 5.72. The van der Waals surface area contributed by atoms with E-state index in [9.17, 15) is 14.7 Å². The van der Waals surface area contributed by atoms with Crippen molar-refractivity contribution < 1.29 is 19.4 Å². The number of amides is 2. The molecule has 1 aliphatic carbocycles. The van der Waals surface area contributed by atoms with Crippen LogP contribution in [-0.4, -0.2) is 83.7 Å². The van der Waals surface area contributed by atoms with E-state index in [1.807, 2.05) is 73.5 Å². The number of hydrogen-bond donors (Lipinski definition) is 1. The average molecular weight is 584 g/mol. The van der Waals surface area contributed by atoms with E-state index in [0.29, 0.717) is 11.8 Å². The molecule has 0 aromatic heterocycles. The predicted molar refractivity (Wildman–Crippen MR) is 169 cm³/mol. The second-order valence-electron chi connectivity index (χ2n) is 12.2. The highest BCUT2D eigenvalue weighted by molar-refractivity contribution is 5.94. The molecule has 43 heavy (non-hydrogen) atoms. The van der Waals surface area contributed by atoms with Crippen LogP contribution in [0.4, 0.5) is 4.79 Å². The molecule has 2 amide bonds. The lowest BCUT2D eigenvalue weighted by atomic mass is 9.88. The van der Waals surface area contributed by atoms with E-state index in [4.69, 9.17) is 4.74 Å². The van der Waals surface area contributed by atoms with Gasteiger partial charge in [-0.1, -0.05) is 78.4 Å². The molecule has 3 unspecified atom stereocenters. The normalized spacial score (nSPS) is 21.0. The maximum atomic E-state index is 13.3. The van der Waals surface area contributed by atoms with Crippen LogP contribution in [0.2, 0.25) is 0 Å². The largest absolute Gasteiger partial charge is 0.445 e. The fourth-order valence-corrected chi connectivity index (χ4v) is 6.86. The van der Waals surface area contributed by atoms with E-state index in [-0.39, 0.29) is 43.8 Å². The molecule has 1 N–H and O–H groups in total. The lowest BCUT2D eigenvalue weighted by molar-refractivity contribution is 0.0496. The van der Waals surface area contributed by atoms with Gasteiger partial charge < -0.3 is 24.5 Å². The zero-order valence-electron chi connectivity index (χ0n) is 25.5. The molecule has 228 valence electrons. The number of carbonyl (C=O) groups excluding carboxylic acids is 2. The summed E-state index contributed by atoms with van der Waals surface area (Å²) in [6, 6.07) is 28.5. The Bertz CT molecular complexity index is 1310. The van der Waals surface area contributed by atoms with Crippen molar-refractivity contribution in [1.82, 2.24) is 14.7 Å². The summed E-state index contributed by atoms with van der Waals surface area (Å²) in [5.74, 6) is 0.901. The number of ether oxygens (including phenoxy) is 1. The lowest BCUT2D eigenvalue weighted by Crippen LogP contribution is -2.49. The molecule has 3 aromatic carbocycles. The Morgan fingerprint density at radius 3 is 2.19 bits per heavy atom. The van der Waals surface area contributed by atoms with Gasteiger partial charge in [0, 0.05) is 50.9 Å². The van der Waals surface area contributed by atoms with Gasteiger partial charge in [0.25, 0.3) is 5.91 Å². The molecule has 2 aliphatic rings. The van der Waals surface area contributed by atoms with Gasteiger partial charge in [0.2, 0.25) is 0 Å². The topological polar surface area (TPSA) is 73.3 Å². The zero-order chi connectivity index (χ0) is 30.2. The van der Waals surface area contributed by atoms with Crippen LogP contribution in [0.3, 0.4) is 0 Å². The molecule has 7 nitrogen and oxygen atoms in total. The van der Waals surface area contributed by atoms with Crippen LogP contribution in [0.25, 0.3) is 0 Å². The van der Waals surface area contributed by atoms with E-state index in [2.05, 4.69) is 35.2 Å². The van der Waals surface area contributed by atoms with Crippen LogP contribution in [0.15, 0.2) is 84.9 Å². The Kier molecular flexibility index (Phi) is 10.5. The number of hydrogen-bond acceptors (Lipinski definition) is 5. The van der Waals surface area contributed by atoms with Crippen LogP contribution < -0.4 is 0 Å². The van der Waals surface area contributed by atoms with Gasteiger partial charge in [-0.2, -0.15) is 0 Å². The van der Waals surface area contributed by atoms with Crippen molar-refractivity contribution in [3.8, 4) is 0 Å². The second kappa shape index (κ2) is 14.7. The monoisotopic (exact) mass is 583 g/mol. The number of aliphatic hydroxyl groups excluding tert-OH is 1. The van der Waals surface area contributed by atoms with Crippen molar-refractivity contribution in [2.24, 2.45) is 5.92 Å². The Balaban J connectivity index is 1.19. The van der Waals surface area contributed by atoms with Gasteiger partial charge in [-0.25, -0.2) is 4.79 Å². The average Bonchev–Trinajstić information content (AvgIpc) is 3.47.